The van der Waals surface area contributed by atoms with Gasteiger partial charge < -0.3 is 25.2 Å². The number of hydrogen-bond acceptors (Lipinski definition) is 7. The summed E-state index contributed by atoms with van der Waals surface area (Å²) in [6, 6.07) is 13.7. The molecule has 1 saturated carbocycles. The number of hydrogen-bond donors (Lipinski definition) is 3. The lowest BCUT2D eigenvalue weighted by Crippen LogP contribution is -2.56. The van der Waals surface area contributed by atoms with Crippen LogP contribution in [0.1, 0.15) is 30.5 Å². The largest absolute Gasteiger partial charge is 0.495 e. The number of benzene rings is 2. The number of nitrogens with one attached hydrogen (secondary N) is 2. The Balaban J connectivity index is 1.80. The van der Waals surface area contributed by atoms with Crippen LogP contribution in [0.4, 0.5) is 11.4 Å². The molecule has 38 heavy (non-hydrogen) atoms. The van der Waals surface area contributed by atoms with Gasteiger partial charge in [0, 0.05) is 25.1 Å². The molecule has 1 aromatic heterocycles. The topological polar surface area (TPSA) is 132 Å². The number of anilines is 2. The van der Waals surface area contributed by atoms with Crippen molar-refractivity contribution in [1.29, 1.82) is 0 Å². The molecule has 10 heteroatoms. The maximum Gasteiger partial charge on any atom is 0.235 e. The van der Waals surface area contributed by atoms with Crippen molar-refractivity contribution in [3.8, 4) is 11.5 Å². The number of Topliss-reactive ketones (excluding diaryl/α,β-unsaturated/α-hetero) is 1. The van der Waals surface area contributed by atoms with Crippen LogP contribution in [0.25, 0.3) is 0 Å². The van der Waals surface area contributed by atoms with Crippen molar-refractivity contribution in [1.82, 2.24) is 9.78 Å². The van der Waals surface area contributed by atoms with Gasteiger partial charge in [-0.3, -0.25) is 19.1 Å². The summed E-state index contributed by atoms with van der Waals surface area (Å²) in [5, 5.41) is 21.4. The van der Waals surface area contributed by atoms with Gasteiger partial charge >= 0.3 is 0 Å². The smallest absolute Gasteiger partial charge is 0.235 e. The summed E-state index contributed by atoms with van der Waals surface area (Å²) < 4.78 is 12.3. The maximum absolute atomic E-state index is 13.9. The van der Waals surface area contributed by atoms with Crippen LogP contribution in [0.5, 0.6) is 11.5 Å². The molecule has 1 fully saturated rings. The number of ether oxygens (including phenoxy) is 2. The zero-order valence-electron chi connectivity index (χ0n) is 22.0. The zero-order chi connectivity index (χ0) is 27.6. The molecular formula is C28H32N4O6. The van der Waals surface area contributed by atoms with E-state index in [4.69, 9.17) is 9.47 Å². The van der Waals surface area contributed by atoms with E-state index in [-0.39, 0.29) is 6.42 Å². The van der Waals surface area contributed by atoms with Gasteiger partial charge in [0.1, 0.15) is 23.2 Å². The number of methoxy groups -OCH3 is 2. The summed E-state index contributed by atoms with van der Waals surface area (Å²) in [5.74, 6) is -4.18. The van der Waals surface area contributed by atoms with E-state index in [0.29, 0.717) is 34.1 Å². The third-order valence-electron chi connectivity index (χ3n) is 7.19. The third-order valence-corrected chi connectivity index (χ3v) is 7.19. The number of amides is 2. The van der Waals surface area contributed by atoms with Gasteiger partial charge in [-0.25, -0.2) is 0 Å². The second kappa shape index (κ2) is 10.7. The molecule has 0 saturated heterocycles. The molecule has 0 radical (unpaired) electrons. The molecular weight excluding hydrogens is 488 g/mol. The van der Waals surface area contributed by atoms with E-state index in [1.165, 1.54) is 21.1 Å². The summed E-state index contributed by atoms with van der Waals surface area (Å²) in [6.07, 6.45) is 1.16. The number of aryl methyl sites for hydroxylation is 1. The fourth-order valence-corrected chi connectivity index (χ4v) is 5.23. The highest BCUT2D eigenvalue weighted by Crippen LogP contribution is 2.47. The van der Waals surface area contributed by atoms with Gasteiger partial charge in [-0.05, 0) is 43.7 Å². The molecule has 4 rings (SSSR count). The number of carbonyl (C=O) groups excluding carboxylic acids is 3. The quantitative estimate of drug-likeness (QED) is 0.408. The van der Waals surface area contributed by atoms with Crippen LogP contribution in [0.3, 0.4) is 0 Å². The van der Waals surface area contributed by atoms with Crippen LogP contribution in [-0.2, 0) is 21.4 Å². The van der Waals surface area contributed by atoms with Gasteiger partial charge in [0.2, 0.25) is 11.8 Å². The Morgan fingerprint density at radius 1 is 1.00 bits per heavy atom. The number of rotatable bonds is 7. The minimum absolute atomic E-state index is 0.378. The van der Waals surface area contributed by atoms with Gasteiger partial charge in [0.05, 0.1) is 43.3 Å². The van der Waals surface area contributed by atoms with Crippen LogP contribution in [-0.4, -0.2) is 52.3 Å². The fraction of sp³-hybridized carbons (Fsp3) is 0.357. The van der Waals surface area contributed by atoms with E-state index in [0.717, 1.165) is 0 Å². The summed E-state index contributed by atoms with van der Waals surface area (Å²) in [7, 11) is 4.70. The average Bonchev–Trinajstić information content (AvgIpc) is 3.21. The number of nitrogens with zero attached hydrogens (tertiary/aromatic N) is 2. The first kappa shape index (κ1) is 26.9. The monoisotopic (exact) mass is 520 g/mol. The van der Waals surface area contributed by atoms with Crippen LogP contribution in [0, 0.1) is 18.8 Å². The SMILES string of the molecule is COc1ccccc1NC(=O)[C@@H]1C(=O)C[C@](C)(O)[C@@H](C(=O)Nc2ccccc2OC)[C@H]1c1cnn(C)c1C. The van der Waals surface area contributed by atoms with Crippen LogP contribution in [0.2, 0.25) is 0 Å². The second-order valence-electron chi connectivity index (χ2n) is 9.67. The normalized spacial score (nSPS) is 23.0. The fourth-order valence-electron chi connectivity index (χ4n) is 5.23. The van der Waals surface area contributed by atoms with Gasteiger partial charge in [-0.1, -0.05) is 24.3 Å². The van der Waals surface area contributed by atoms with Crippen molar-refractivity contribution in [2.24, 2.45) is 18.9 Å². The van der Waals surface area contributed by atoms with E-state index >= 15 is 0 Å². The zero-order valence-corrected chi connectivity index (χ0v) is 22.0. The molecule has 3 N–H and O–H groups in total. The first-order chi connectivity index (χ1) is 18.1. The Morgan fingerprint density at radius 2 is 1.53 bits per heavy atom. The standard InChI is InChI=1S/C28H32N4O6/c1-16-17(15-29-32(16)3)23-24(26(34)30-18-10-6-8-12-21(18)37-4)20(33)14-28(2,36)25(23)27(35)31-19-11-7-9-13-22(19)38-5/h6-13,15,23-25,36H,14H2,1-5H3,(H,30,34)(H,31,35)/t23-,24+,25+,28-/m0/s1. The van der Waals surface area contributed by atoms with Gasteiger partial charge in [-0.15, -0.1) is 0 Å². The summed E-state index contributed by atoms with van der Waals surface area (Å²) in [6.45, 7) is 3.24. The number of ketones is 1. The third kappa shape index (κ3) is 4.99. The maximum atomic E-state index is 13.9. The van der Waals surface area contributed by atoms with Crippen molar-refractivity contribution in [3.63, 3.8) is 0 Å². The van der Waals surface area contributed by atoms with Crippen LogP contribution in [0.15, 0.2) is 54.7 Å². The number of aliphatic hydroxyl groups is 1. The Bertz CT molecular complexity index is 1360. The number of aromatic nitrogens is 2. The molecule has 0 bridgehead atoms. The van der Waals surface area contributed by atoms with Crippen molar-refractivity contribution in [2.45, 2.75) is 31.8 Å². The summed E-state index contributed by atoms with van der Waals surface area (Å²) in [5.41, 5.74) is 0.259. The van der Waals surface area contributed by atoms with Crippen LogP contribution < -0.4 is 20.1 Å². The predicted molar refractivity (Wildman–Crippen MR) is 141 cm³/mol. The lowest BCUT2D eigenvalue weighted by Gasteiger charge is -2.44. The molecule has 1 aliphatic rings. The van der Waals surface area contributed by atoms with E-state index in [1.807, 2.05) is 0 Å². The molecule has 2 aromatic carbocycles. The first-order valence-electron chi connectivity index (χ1n) is 12.2. The van der Waals surface area contributed by atoms with Crippen molar-refractivity contribution >= 4 is 29.0 Å². The Morgan fingerprint density at radius 3 is 2.03 bits per heavy atom. The predicted octanol–water partition coefficient (Wildman–Crippen LogP) is 3.06. The Kier molecular flexibility index (Phi) is 7.54. The van der Waals surface area contributed by atoms with Gasteiger partial charge in [-0.2, -0.15) is 5.10 Å². The first-order valence-corrected chi connectivity index (χ1v) is 12.2. The molecule has 1 heterocycles. The van der Waals surface area contributed by atoms with E-state index in [1.54, 1.807) is 73.4 Å². The summed E-state index contributed by atoms with van der Waals surface area (Å²) in [4.78, 5) is 41.1. The molecule has 10 nitrogen and oxygen atoms in total. The molecule has 2 amide bonds. The highest BCUT2D eigenvalue weighted by atomic mass is 16.5. The van der Waals surface area contributed by atoms with Crippen molar-refractivity contribution in [2.75, 3.05) is 24.9 Å². The highest BCUT2D eigenvalue weighted by molar-refractivity contribution is 6.11. The van der Waals surface area contributed by atoms with Crippen molar-refractivity contribution in [3.05, 3.63) is 66.0 Å². The molecule has 4 atom stereocenters. The van der Waals surface area contributed by atoms with Gasteiger partial charge in [0.25, 0.3) is 0 Å². The Labute approximate surface area is 220 Å². The highest BCUT2D eigenvalue weighted by Gasteiger charge is 2.56. The van der Waals surface area contributed by atoms with E-state index in [2.05, 4.69) is 15.7 Å². The molecule has 0 unspecified atom stereocenters. The minimum atomic E-state index is -1.74. The Hall–Kier alpha value is -4.18. The van der Waals surface area contributed by atoms with Gasteiger partial charge in [0.15, 0.2) is 0 Å². The molecule has 0 spiro atoms. The molecule has 0 aliphatic heterocycles. The van der Waals surface area contributed by atoms with E-state index < -0.39 is 41.0 Å². The molecule has 3 aromatic rings. The van der Waals surface area contributed by atoms with E-state index in [9.17, 15) is 19.5 Å². The number of carbonyl (C=O) groups is 3. The van der Waals surface area contributed by atoms with Crippen LogP contribution >= 0.6 is 0 Å². The lowest BCUT2D eigenvalue weighted by atomic mass is 9.61. The average molecular weight is 521 g/mol. The van der Waals surface area contributed by atoms with Crippen molar-refractivity contribution < 1.29 is 29.0 Å². The minimum Gasteiger partial charge on any atom is -0.495 e. The molecule has 1 aliphatic carbocycles. The lowest BCUT2D eigenvalue weighted by molar-refractivity contribution is -0.150. The number of para-hydroxylation sites is 4. The molecule has 200 valence electrons. The summed E-state index contributed by atoms with van der Waals surface area (Å²) >= 11 is 0. The second-order valence-corrected chi connectivity index (χ2v) is 9.67.